The van der Waals surface area contributed by atoms with Crippen LogP contribution in [0.1, 0.15) is 42.5 Å². The first-order chi connectivity index (χ1) is 20.6. The van der Waals surface area contributed by atoms with Crippen molar-refractivity contribution in [1.82, 2.24) is 4.57 Å². The molecule has 1 aliphatic heterocycles. The molecule has 9 nitrogen and oxygen atoms in total. The summed E-state index contributed by atoms with van der Waals surface area (Å²) in [6.07, 6.45) is 1.17. The van der Waals surface area contributed by atoms with Gasteiger partial charge in [-0.1, -0.05) is 18.2 Å². The predicted octanol–water partition coefficient (Wildman–Crippen LogP) is 5.54. The molecule has 0 atom stereocenters. The average molecular weight is 577 g/mol. The van der Waals surface area contributed by atoms with Crippen molar-refractivity contribution in [2.24, 2.45) is 7.05 Å². The Kier molecular flexibility index (Phi) is 6.73. The van der Waals surface area contributed by atoms with Crippen molar-refractivity contribution in [3.05, 3.63) is 111 Å². The van der Waals surface area contributed by atoms with E-state index in [4.69, 9.17) is 13.9 Å². The van der Waals surface area contributed by atoms with Gasteiger partial charge in [-0.15, -0.1) is 0 Å². The van der Waals surface area contributed by atoms with Crippen LogP contribution in [-0.4, -0.2) is 43.3 Å². The molecule has 0 N–H and O–H groups in total. The Balaban J connectivity index is 1.44. The Labute approximate surface area is 246 Å². The Morgan fingerprint density at radius 3 is 2.47 bits per heavy atom. The Morgan fingerprint density at radius 1 is 0.953 bits per heavy atom. The maximum atomic E-state index is 13.7. The van der Waals surface area contributed by atoms with Crippen molar-refractivity contribution in [1.29, 1.82) is 0 Å². The van der Waals surface area contributed by atoms with E-state index in [1.165, 1.54) is 25.3 Å². The highest BCUT2D eigenvalue weighted by atomic mass is 16.5. The third-order valence-electron chi connectivity index (χ3n) is 7.94. The molecule has 0 spiro atoms. The molecule has 0 saturated carbocycles. The van der Waals surface area contributed by atoms with Crippen molar-refractivity contribution < 1.29 is 28.3 Å². The van der Waals surface area contributed by atoms with Crippen LogP contribution in [0.4, 0.5) is 5.69 Å². The topological polar surface area (TPSA) is 108 Å². The van der Waals surface area contributed by atoms with Gasteiger partial charge in [-0.3, -0.25) is 14.4 Å². The molecule has 2 heterocycles. The summed E-state index contributed by atoms with van der Waals surface area (Å²) in [6.45, 7) is 1.54. The largest absolute Gasteiger partial charge is 0.492 e. The lowest BCUT2D eigenvalue weighted by molar-refractivity contribution is 0.0471. The summed E-state index contributed by atoms with van der Waals surface area (Å²) in [5, 5.41) is 0.757. The number of allylic oxidation sites excluding steroid dienone is 2. The lowest BCUT2D eigenvalue weighted by atomic mass is 9.90. The molecule has 9 heteroatoms. The lowest BCUT2D eigenvalue weighted by Gasteiger charge is -2.19. The number of hydrogen-bond donors (Lipinski definition) is 0. The summed E-state index contributed by atoms with van der Waals surface area (Å²) in [7, 11) is 6.87. The molecule has 0 radical (unpaired) electrons. The fourth-order valence-electron chi connectivity index (χ4n) is 5.62. The summed E-state index contributed by atoms with van der Waals surface area (Å²) in [6, 6.07) is 17.4. The smallest absolute Gasteiger partial charge is 0.339 e. The van der Waals surface area contributed by atoms with Gasteiger partial charge in [-0.05, 0) is 42.8 Å². The van der Waals surface area contributed by atoms with Crippen LogP contribution in [0.2, 0.25) is 0 Å². The van der Waals surface area contributed by atoms with Crippen LogP contribution < -0.4 is 10.3 Å². The standard InChI is InChI=1S/C34H28N2O7/c1-18-25(31-32(36(18)4)26(38)16-29(41-5)33(31)39)17-42-34(40)22-9-7-6-8-21(22)30-23-12-10-19(35(2)3)14-27(23)43-28-15-20(37)11-13-24(28)30/h6-16H,17H2,1-5H3. The number of methoxy groups -OCH3 is 1. The van der Waals surface area contributed by atoms with Crippen molar-refractivity contribution in [3.63, 3.8) is 0 Å². The van der Waals surface area contributed by atoms with Gasteiger partial charge in [-0.25, -0.2) is 4.79 Å². The van der Waals surface area contributed by atoms with Gasteiger partial charge < -0.3 is 23.4 Å². The number of ketones is 2. The summed E-state index contributed by atoms with van der Waals surface area (Å²) < 4.78 is 18.8. The van der Waals surface area contributed by atoms with Gasteiger partial charge >= 0.3 is 5.97 Å². The minimum Gasteiger partial charge on any atom is -0.492 e. The zero-order valence-corrected chi connectivity index (χ0v) is 24.3. The van der Waals surface area contributed by atoms with Crippen LogP contribution in [0.15, 0.2) is 81.7 Å². The molecule has 0 saturated heterocycles. The molecule has 1 aromatic heterocycles. The quantitative estimate of drug-likeness (QED) is 0.191. The first-order valence-corrected chi connectivity index (χ1v) is 13.6. The highest BCUT2D eigenvalue weighted by Gasteiger charge is 2.34. The first kappa shape index (κ1) is 27.7. The number of benzene rings is 3. The van der Waals surface area contributed by atoms with E-state index in [0.717, 1.165) is 16.6 Å². The zero-order chi connectivity index (χ0) is 30.6. The Bertz CT molecular complexity index is 2040. The van der Waals surface area contributed by atoms with E-state index in [1.807, 2.05) is 49.3 Å². The van der Waals surface area contributed by atoms with Crippen LogP contribution in [0.5, 0.6) is 0 Å². The fraction of sp³-hybridized carbons (Fsp3) is 0.176. The predicted molar refractivity (Wildman–Crippen MR) is 162 cm³/mol. The normalized spacial score (nSPS) is 12.8. The van der Waals surface area contributed by atoms with E-state index >= 15 is 0 Å². The SMILES string of the molecule is COC1=CC(=O)c2c(c(COC(=O)c3ccccc3-c3c4ccc(=O)cc-4oc4cc(N(C)C)ccc34)c(C)n2C)C1=O. The van der Waals surface area contributed by atoms with Gasteiger partial charge in [0.25, 0.3) is 0 Å². The molecule has 0 fully saturated rings. The average Bonchev–Trinajstić information content (AvgIpc) is 3.25. The summed E-state index contributed by atoms with van der Waals surface area (Å²) in [4.78, 5) is 53.8. The maximum absolute atomic E-state index is 13.7. The number of esters is 1. The van der Waals surface area contributed by atoms with Crippen LogP contribution >= 0.6 is 0 Å². The number of carbonyl (C=O) groups excluding carboxylic acids is 3. The molecular weight excluding hydrogens is 548 g/mol. The summed E-state index contributed by atoms with van der Waals surface area (Å²) >= 11 is 0. The molecule has 2 aromatic carbocycles. The summed E-state index contributed by atoms with van der Waals surface area (Å²) in [5.74, 6) is -1.07. The second kappa shape index (κ2) is 10.4. The Morgan fingerprint density at radius 2 is 1.72 bits per heavy atom. The van der Waals surface area contributed by atoms with E-state index in [1.54, 1.807) is 36.7 Å². The van der Waals surface area contributed by atoms with Crippen LogP contribution in [0.25, 0.3) is 33.4 Å². The van der Waals surface area contributed by atoms with Gasteiger partial charge in [0.2, 0.25) is 11.6 Å². The molecule has 216 valence electrons. The van der Waals surface area contributed by atoms with Gasteiger partial charge in [-0.2, -0.15) is 0 Å². The number of anilines is 1. The van der Waals surface area contributed by atoms with Crippen LogP contribution in [0, 0.1) is 6.92 Å². The lowest BCUT2D eigenvalue weighted by Crippen LogP contribution is -2.20. The number of ether oxygens (including phenoxy) is 2. The van der Waals surface area contributed by atoms with Gasteiger partial charge in [0.05, 0.1) is 18.2 Å². The monoisotopic (exact) mass is 576 g/mol. The minimum atomic E-state index is -0.614. The summed E-state index contributed by atoms with van der Waals surface area (Å²) in [5.41, 5.74) is 5.03. The number of nitrogens with zero attached hydrogens (tertiary/aromatic N) is 2. The van der Waals surface area contributed by atoms with Crippen molar-refractivity contribution >= 4 is 34.2 Å². The van der Waals surface area contributed by atoms with Gasteiger partial charge in [0, 0.05) is 72.8 Å². The molecule has 3 aromatic rings. The molecule has 2 aliphatic carbocycles. The Hall–Kier alpha value is -5.44. The van der Waals surface area contributed by atoms with E-state index in [2.05, 4.69) is 0 Å². The van der Waals surface area contributed by atoms with Gasteiger partial charge in [0.15, 0.2) is 11.2 Å². The van der Waals surface area contributed by atoms with Crippen LogP contribution in [0.3, 0.4) is 0 Å². The molecule has 3 aliphatic rings. The third-order valence-corrected chi connectivity index (χ3v) is 7.94. The van der Waals surface area contributed by atoms with Crippen molar-refractivity contribution in [3.8, 4) is 22.5 Å². The van der Waals surface area contributed by atoms with E-state index in [-0.39, 0.29) is 34.8 Å². The highest BCUT2D eigenvalue weighted by Crippen LogP contribution is 2.42. The second-order valence-electron chi connectivity index (χ2n) is 10.6. The van der Waals surface area contributed by atoms with E-state index < -0.39 is 11.8 Å². The number of Topliss-reactive ketones (excluding diaryl/α,β-unsaturated/α-hetero) is 1. The number of fused-ring (bicyclic) bond motifs is 3. The minimum absolute atomic E-state index is 0.0621. The molecule has 0 unspecified atom stereocenters. The number of hydrogen-bond acceptors (Lipinski definition) is 8. The second-order valence-corrected chi connectivity index (χ2v) is 10.6. The number of aromatic nitrogens is 1. The number of carbonyl (C=O) groups is 3. The molecule has 6 rings (SSSR count). The molecule has 43 heavy (non-hydrogen) atoms. The van der Waals surface area contributed by atoms with Crippen molar-refractivity contribution in [2.45, 2.75) is 13.5 Å². The molecule has 0 bridgehead atoms. The third kappa shape index (κ3) is 4.50. The highest BCUT2D eigenvalue weighted by molar-refractivity contribution is 6.24. The maximum Gasteiger partial charge on any atom is 0.339 e. The molecule has 0 amide bonds. The number of rotatable bonds is 6. The van der Waals surface area contributed by atoms with Crippen LogP contribution in [-0.2, 0) is 23.1 Å². The van der Waals surface area contributed by atoms with E-state index in [0.29, 0.717) is 39.3 Å². The first-order valence-electron chi connectivity index (χ1n) is 13.6. The van der Waals surface area contributed by atoms with Gasteiger partial charge in [0.1, 0.15) is 23.6 Å². The zero-order valence-electron chi connectivity index (χ0n) is 24.3. The van der Waals surface area contributed by atoms with E-state index in [9.17, 15) is 19.2 Å². The van der Waals surface area contributed by atoms with Crippen molar-refractivity contribution in [2.75, 3.05) is 26.1 Å². The fourth-order valence-corrected chi connectivity index (χ4v) is 5.62. The molecular formula is C34H28N2O7.